The first-order chi connectivity index (χ1) is 17.6. The van der Waals surface area contributed by atoms with Gasteiger partial charge in [0.25, 0.3) is 5.91 Å². The topological polar surface area (TPSA) is 74.9 Å². The molecular formula is C30H37N3O4. The summed E-state index contributed by atoms with van der Waals surface area (Å²) < 4.78 is 11.6. The maximum absolute atomic E-state index is 14.0. The molecular weight excluding hydrogens is 466 g/mol. The smallest absolute Gasteiger partial charge is 0.254 e. The Morgan fingerprint density at radius 1 is 1.08 bits per heavy atom. The lowest BCUT2D eigenvalue weighted by atomic mass is 9.76. The Hall–Kier alpha value is -3.48. The first-order valence-electron chi connectivity index (χ1n) is 13.2. The summed E-state index contributed by atoms with van der Waals surface area (Å²) in [5.41, 5.74) is 2.78. The molecule has 7 nitrogen and oxygen atoms in total. The van der Waals surface area contributed by atoms with Crippen molar-refractivity contribution in [2.45, 2.75) is 58.6 Å². The molecule has 0 radical (unpaired) electrons. The molecule has 2 aliphatic heterocycles. The fourth-order valence-electron chi connectivity index (χ4n) is 5.82. The average Bonchev–Trinajstić information content (AvgIpc) is 3.26. The van der Waals surface area contributed by atoms with Crippen LogP contribution in [0.5, 0.6) is 11.5 Å². The van der Waals surface area contributed by atoms with Crippen LogP contribution >= 0.6 is 0 Å². The van der Waals surface area contributed by atoms with Crippen LogP contribution in [0.2, 0.25) is 0 Å². The van der Waals surface area contributed by atoms with Gasteiger partial charge in [-0.05, 0) is 62.4 Å². The van der Waals surface area contributed by atoms with E-state index in [-0.39, 0.29) is 30.4 Å². The van der Waals surface area contributed by atoms with Crippen LogP contribution in [0.3, 0.4) is 0 Å². The molecule has 0 saturated carbocycles. The number of aromatic nitrogens is 1. The number of fused-ring (bicyclic) bond motifs is 5. The van der Waals surface area contributed by atoms with Gasteiger partial charge in [0.1, 0.15) is 0 Å². The minimum absolute atomic E-state index is 0.0164. The highest BCUT2D eigenvalue weighted by atomic mass is 16.5. The Labute approximate surface area is 218 Å². The van der Waals surface area contributed by atoms with E-state index in [1.165, 1.54) is 0 Å². The molecule has 3 heterocycles. The Bertz CT molecular complexity index is 1340. The number of benzene rings is 2. The van der Waals surface area contributed by atoms with Gasteiger partial charge in [-0.2, -0.15) is 0 Å². The number of carbonyl (C=O) groups excluding carboxylic acids is 2. The maximum atomic E-state index is 14.0. The summed E-state index contributed by atoms with van der Waals surface area (Å²) in [7, 11) is 1.64. The van der Waals surface area contributed by atoms with Crippen LogP contribution in [-0.2, 0) is 15.1 Å². The predicted molar refractivity (Wildman–Crippen MR) is 144 cm³/mol. The number of H-pyrrole nitrogens is 1. The van der Waals surface area contributed by atoms with E-state index in [0.717, 1.165) is 34.1 Å². The predicted octanol–water partition coefficient (Wildman–Crippen LogP) is 5.04. The number of carbonyl (C=O) groups is 2. The number of amides is 2. The molecule has 2 aromatic carbocycles. The molecule has 1 saturated heterocycles. The van der Waals surface area contributed by atoms with E-state index < -0.39 is 5.54 Å². The minimum Gasteiger partial charge on any atom is -0.493 e. The van der Waals surface area contributed by atoms with Crippen molar-refractivity contribution < 1.29 is 19.1 Å². The van der Waals surface area contributed by atoms with E-state index in [2.05, 4.69) is 24.9 Å². The largest absolute Gasteiger partial charge is 0.493 e. The van der Waals surface area contributed by atoms with E-state index in [4.69, 9.17) is 9.47 Å². The highest BCUT2D eigenvalue weighted by Crippen LogP contribution is 2.49. The van der Waals surface area contributed by atoms with Crippen LogP contribution in [0, 0.1) is 5.92 Å². The third kappa shape index (κ3) is 4.14. The molecule has 37 heavy (non-hydrogen) atoms. The van der Waals surface area contributed by atoms with Crippen LogP contribution < -0.4 is 9.47 Å². The molecule has 196 valence electrons. The third-order valence-corrected chi connectivity index (χ3v) is 7.75. The van der Waals surface area contributed by atoms with E-state index >= 15 is 0 Å². The zero-order valence-corrected chi connectivity index (χ0v) is 22.6. The summed E-state index contributed by atoms with van der Waals surface area (Å²) >= 11 is 0. The zero-order valence-electron chi connectivity index (χ0n) is 22.6. The Morgan fingerprint density at radius 2 is 1.84 bits per heavy atom. The van der Waals surface area contributed by atoms with Crippen molar-refractivity contribution in [3.8, 4) is 11.5 Å². The van der Waals surface area contributed by atoms with E-state index in [0.29, 0.717) is 30.5 Å². The molecule has 1 fully saturated rings. The summed E-state index contributed by atoms with van der Waals surface area (Å²) in [6, 6.07) is 14.1. The van der Waals surface area contributed by atoms with Crippen molar-refractivity contribution in [3.63, 3.8) is 0 Å². The molecule has 2 unspecified atom stereocenters. The van der Waals surface area contributed by atoms with Crippen molar-refractivity contribution >= 4 is 22.7 Å². The molecule has 5 rings (SSSR count). The number of nitrogens with one attached hydrogen (secondary N) is 1. The van der Waals surface area contributed by atoms with Gasteiger partial charge in [-0.25, -0.2) is 0 Å². The fraction of sp³-hybridized carbons (Fsp3) is 0.467. The molecule has 0 bridgehead atoms. The molecule has 2 aliphatic rings. The molecule has 1 aromatic heterocycles. The van der Waals surface area contributed by atoms with Crippen molar-refractivity contribution in [1.82, 2.24) is 14.8 Å². The second-order valence-electron chi connectivity index (χ2n) is 11.1. The van der Waals surface area contributed by atoms with Crippen LogP contribution in [0.25, 0.3) is 10.9 Å². The summed E-state index contributed by atoms with van der Waals surface area (Å²) in [5.74, 6) is 1.63. The number of nitrogens with zero attached hydrogens (tertiary/aromatic N) is 2. The lowest BCUT2D eigenvalue weighted by molar-refractivity contribution is -0.166. The molecule has 7 heteroatoms. The van der Waals surface area contributed by atoms with Crippen molar-refractivity contribution in [2.75, 3.05) is 26.7 Å². The normalized spacial score (nSPS) is 21.6. The molecule has 3 aromatic rings. The van der Waals surface area contributed by atoms with E-state index in [1.807, 2.05) is 57.2 Å². The number of piperazine rings is 1. The van der Waals surface area contributed by atoms with Gasteiger partial charge < -0.3 is 24.3 Å². The highest BCUT2D eigenvalue weighted by molar-refractivity contribution is 6.01. The number of rotatable bonds is 7. The fourth-order valence-corrected chi connectivity index (χ4v) is 5.82. The number of aromatic amines is 1. The van der Waals surface area contributed by atoms with Crippen LogP contribution in [-0.4, -0.2) is 59.4 Å². The quantitative estimate of drug-likeness (QED) is 0.490. The molecule has 2 amide bonds. The Kier molecular flexibility index (Phi) is 6.42. The standard InChI is InChI=1S/C30H37N3O4/c1-18(2)13-14-32-17-26(34)33-16-22(20-11-12-24(37-19(3)4)25(15-20)36-6)27-21-9-7-8-10-23(21)31-28(27)30(33,5)29(32)35/h7-12,15,18-19,22,31H,13-14,16-17H2,1-6H3. The van der Waals surface area contributed by atoms with Crippen molar-refractivity contribution in [2.24, 2.45) is 5.92 Å². The lowest BCUT2D eigenvalue weighted by Gasteiger charge is -2.51. The number of methoxy groups -OCH3 is 1. The van der Waals surface area contributed by atoms with Gasteiger partial charge in [-0.15, -0.1) is 0 Å². The first kappa shape index (κ1) is 25.2. The first-order valence-corrected chi connectivity index (χ1v) is 13.2. The molecule has 0 aliphatic carbocycles. The van der Waals surface area contributed by atoms with Crippen LogP contribution in [0.4, 0.5) is 0 Å². The SMILES string of the molecule is COc1cc(C2CN3C(=O)CN(CCC(C)C)C(=O)C3(C)c3[nH]c4ccccc4c32)ccc1OC(C)C. The van der Waals surface area contributed by atoms with Gasteiger partial charge in [-0.3, -0.25) is 9.59 Å². The summed E-state index contributed by atoms with van der Waals surface area (Å²) in [4.78, 5) is 34.7. The average molecular weight is 504 g/mol. The van der Waals surface area contributed by atoms with Crippen molar-refractivity contribution in [3.05, 3.63) is 59.3 Å². The Balaban J connectivity index is 1.66. The highest BCUT2D eigenvalue weighted by Gasteiger charge is 2.56. The van der Waals surface area contributed by atoms with Gasteiger partial charge in [0.2, 0.25) is 5.91 Å². The number of hydrogen-bond acceptors (Lipinski definition) is 4. The van der Waals surface area contributed by atoms with Gasteiger partial charge in [-0.1, -0.05) is 38.1 Å². The number of para-hydroxylation sites is 1. The van der Waals surface area contributed by atoms with Gasteiger partial charge in [0, 0.05) is 29.9 Å². The van der Waals surface area contributed by atoms with Crippen LogP contribution in [0.1, 0.15) is 63.8 Å². The second kappa shape index (κ2) is 9.43. The van der Waals surface area contributed by atoms with Gasteiger partial charge in [0.05, 0.1) is 25.5 Å². The van der Waals surface area contributed by atoms with Crippen molar-refractivity contribution in [1.29, 1.82) is 0 Å². The van der Waals surface area contributed by atoms with E-state index in [9.17, 15) is 9.59 Å². The minimum atomic E-state index is -1.08. The Morgan fingerprint density at radius 3 is 2.54 bits per heavy atom. The third-order valence-electron chi connectivity index (χ3n) is 7.75. The summed E-state index contributed by atoms with van der Waals surface area (Å²) in [6.07, 6.45) is 0.882. The van der Waals surface area contributed by atoms with Gasteiger partial charge >= 0.3 is 0 Å². The zero-order chi connectivity index (χ0) is 26.5. The molecule has 0 spiro atoms. The summed E-state index contributed by atoms with van der Waals surface area (Å²) in [6.45, 7) is 11.3. The van der Waals surface area contributed by atoms with Crippen LogP contribution in [0.15, 0.2) is 42.5 Å². The summed E-state index contributed by atoms with van der Waals surface area (Å²) in [5, 5.41) is 1.07. The number of hydrogen-bond donors (Lipinski definition) is 1. The number of ether oxygens (including phenoxy) is 2. The lowest BCUT2D eigenvalue weighted by Crippen LogP contribution is -2.67. The maximum Gasteiger partial charge on any atom is 0.254 e. The monoisotopic (exact) mass is 503 g/mol. The molecule has 1 N–H and O–H groups in total. The van der Waals surface area contributed by atoms with Gasteiger partial charge in [0.15, 0.2) is 17.0 Å². The second-order valence-corrected chi connectivity index (χ2v) is 11.1. The van der Waals surface area contributed by atoms with E-state index in [1.54, 1.807) is 16.9 Å². The molecule has 2 atom stereocenters.